The number of carboxylic acids is 1. The molecule has 0 atom stereocenters. The quantitative estimate of drug-likeness (QED) is 0.881. The summed E-state index contributed by atoms with van der Waals surface area (Å²) in [7, 11) is 0. The average molecular weight is 259 g/mol. The highest BCUT2D eigenvalue weighted by Crippen LogP contribution is 2.22. The van der Waals surface area contributed by atoms with E-state index in [1.165, 1.54) is 23.0 Å². The fourth-order valence-electron chi connectivity index (χ4n) is 2.00. The Morgan fingerprint density at radius 2 is 1.95 bits per heavy atom. The molecule has 0 aliphatic rings. The summed E-state index contributed by atoms with van der Waals surface area (Å²) in [5, 5.41) is 12.2. The van der Waals surface area contributed by atoms with E-state index >= 15 is 0 Å². The van der Waals surface area contributed by atoms with Crippen molar-refractivity contribution in [1.29, 1.82) is 0 Å². The zero-order valence-electron chi connectivity index (χ0n) is 11.3. The molecule has 1 heterocycles. The SMILES string of the molecule is Cc1ccc(NCc2ccoc2C(=O)O)c(C)c1C. The molecule has 100 valence electrons. The molecule has 0 fully saturated rings. The first-order valence-corrected chi connectivity index (χ1v) is 6.11. The number of anilines is 1. The molecule has 4 nitrogen and oxygen atoms in total. The summed E-state index contributed by atoms with van der Waals surface area (Å²) in [4.78, 5) is 10.9. The van der Waals surface area contributed by atoms with E-state index in [9.17, 15) is 4.79 Å². The molecule has 0 unspecified atom stereocenters. The van der Waals surface area contributed by atoms with Crippen molar-refractivity contribution in [1.82, 2.24) is 0 Å². The molecule has 0 radical (unpaired) electrons. The van der Waals surface area contributed by atoms with Gasteiger partial charge in [0.05, 0.1) is 6.26 Å². The minimum absolute atomic E-state index is 0.00557. The lowest BCUT2D eigenvalue weighted by Gasteiger charge is -2.13. The third-order valence-corrected chi connectivity index (χ3v) is 3.47. The lowest BCUT2D eigenvalue weighted by Crippen LogP contribution is -2.06. The van der Waals surface area contributed by atoms with Gasteiger partial charge in [0.15, 0.2) is 0 Å². The predicted molar refractivity (Wildman–Crippen MR) is 73.6 cm³/mol. The Kier molecular flexibility index (Phi) is 3.60. The number of furan rings is 1. The van der Waals surface area contributed by atoms with Crippen molar-refractivity contribution in [3.63, 3.8) is 0 Å². The molecular formula is C15H17NO3. The van der Waals surface area contributed by atoms with E-state index < -0.39 is 5.97 Å². The van der Waals surface area contributed by atoms with Gasteiger partial charge in [0, 0.05) is 17.8 Å². The number of rotatable bonds is 4. The van der Waals surface area contributed by atoms with E-state index in [2.05, 4.69) is 32.2 Å². The first-order chi connectivity index (χ1) is 9.00. The summed E-state index contributed by atoms with van der Waals surface area (Å²) in [6.07, 6.45) is 1.40. The number of hydrogen-bond donors (Lipinski definition) is 2. The van der Waals surface area contributed by atoms with Crippen LogP contribution in [0.3, 0.4) is 0 Å². The maximum atomic E-state index is 10.9. The Bertz CT molecular complexity index is 614. The smallest absolute Gasteiger partial charge is 0.372 e. The van der Waals surface area contributed by atoms with Crippen LogP contribution in [0.1, 0.15) is 32.8 Å². The number of aromatic carboxylic acids is 1. The van der Waals surface area contributed by atoms with E-state index in [1.807, 2.05) is 6.07 Å². The zero-order chi connectivity index (χ0) is 14.0. The van der Waals surface area contributed by atoms with Crippen molar-refractivity contribution < 1.29 is 14.3 Å². The van der Waals surface area contributed by atoms with Gasteiger partial charge in [-0.3, -0.25) is 0 Å². The normalized spacial score (nSPS) is 10.5. The van der Waals surface area contributed by atoms with Crippen molar-refractivity contribution in [2.24, 2.45) is 0 Å². The largest absolute Gasteiger partial charge is 0.475 e. The Hall–Kier alpha value is -2.23. The highest BCUT2D eigenvalue weighted by Gasteiger charge is 2.13. The minimum Gasteiger partial charge on any atom is -0.475 e. The van der Waals surface area contributed by atoms with Crippen LogP contribution in [0.15, 0.2) is 28.9 Å². The molecule has 0 bridgehead atoms. The fourth-order valence-corrected chi connectivity index (χ4v) is 2.00. The Labute approximate surface area is 112 Å². The summed E-state index contributed by atoms with van der Waals surface area (Å²) in [6, 6.07) is 5.74. The van der Waals surface area contributed by atoms with E-state index in [1.54, 1.807) is 6.07 Å². The van der Waals surface area contributed by atoms with Crippen LogP contribution in [-0.4, -0.2) is 11.1 Å². The van der Waals surface area contributed by atoms with Crippen LogP contribution in [0.5, 0.6) is 0 Å². The third kappa shape index (κ3) is 2.62. The van der Waals surface area contributed by atoms with E-state index in [4.69, 9.17) is 9.52 Å². The van der Waals surface area contributed by atoms with Gasteiger partial charge in [0.2, 0.25) is 5.76 Å². The summed E-state index contributed by atoms with van der Waals surface area (Å²) < 4.78 is 4.95. The number of nitrogens with one attached hydrogen (secondary N) is 1. The monoisotopic (exact) mass is 259 g/mol. The topological polar surface area (TPSA) is 62.5 Å². The van der Waals surface area contributed by atoms with Crippen LogP contribution in [0, 0.1) is 20.8 Å². The van der Waals surface area contributed by atoms with Gasteiger partial charge in [-0.1, -0.05) is 6.07 Å². The molecule has 19 heavy (non-hydrogen) atoms. The zero-order valence-corrected chi connectivity index (χ0v) is 11.3. The van der Waals surface area contributed by atoms with Crippen molar-refractivity contribution in [2.45, 2.75) is 27.3 Å². The van der Waals surface area contributed by atoms with Gasteiger partial charge in [-0.2, -0.15) is 0 Å². The number of benzene rings is 1. The van der Waals surface area contributed by atoms with E-state index in [0.29, 0.717) is 12.1 Å². The molecular weight excluding hydrogens is 242 g/mol. The Morgan fingerprint density at radius 1 is 1.21 bits per heavy atom. The van der Waals surface area contributed by atoms with Gasteiger partial charge in [-0.25, -0.2) is 4.79 Å². The van der Waals surface area contributed by atoms with Crippen molar-refractivity contribution in [3.8, 4) is 0 Å². The fraction of sp³-hybridized carbons (Fsp3) is 0.267. The van der Waals surface area contributed by atoms with Crippen molar-refractivity contribution >= 4 is 11.7 Å². The molecule has 2 rings (SSSR count). The summed E-state index contributed by atoms with van der Waals surface area (Å²) in [5.41, 5.74) is 5.33. The van der Waals surface area contributed by atoms with E-state index in [0.717, 1.165) is 5.69 Å². The van der Waals surface area contributed by atoms with Crippen LogP contribution in [-0.2, 0) is 6.54 Å². The molecule has 0 spiro atoms. The summed E-state index contributed by atoms with van der Waals surface area (Å²) >= 11 is 0. The molecule has 1 aromatic carbocycles. The van der Waals surface area contributed by atoms with Crippen LogP contribution in [0.25, 0.3) is 0 Å². The van der Waals surface area contributed by atoms with Crippen molar-refractivity contribution in [2.75, 3.05) is 5.32 Å². The molecule has 0 aliphatic carbocycles. The minimum atomic E-state index is -1.04. The summed E-state index contributed by atoms with van der Waals surface area (Å²) in [5.74, 6) is -1.05. The van der Waals surface area contributed by atoms with Gasteiger partial charge >= 0.3 is 5.97 Å². The standard InChI is InChI=1S/C15H17NO3/c1-9-4-5-13(11(3)10(9)2)16-8-12-6-7-19-14(12)15(17)18/h4-7,16H,8H2,1-3H3,(H,17,18). The van der Waals surface area contributed by atoms with Crippen LogP contribution < -0.4 is 5.32 Å². The third-order valence-electron chi connectivity index (χ3n) is 3.47. The van der Waals surface area contributed by atoms with Gasteiger partial charge in [0.25, 0.3) is 0 Å². The molecule has 2 N–H and O–H groups in total. The molecule has 0 amide bonds. The van der Waals surface area contributed by atoms with Gasteiger partial charge in [-0.15, -0.1) is 0 Å². The predicted octanol–water partition coefficient (Wildman–Crippen LogP) is 3.52. The number of aryl methyl sites for hydroxylation is 1. The first kappa shape index (κ1) is 13.2. The second kappa shape index (κ2) is 5.18. The molecule has 0 aliphatic heterocycles. The lowest BCUT2D eigenvalue weighted by molar-refractivity contribution is 0.0661. The summed E-state index contributed by atoms with van der Waals surface area (Å²) in [6.45, 7) is 6.64. The molecule has 0 saturated carbocycles. The highest BCUT2D eigenvalue weighted by molar-refractivity contribution is 5.86. The maximum Gasteiger partial charge on any atom is 0.372 e. The van der Waals surface area contributed by atoms with Crippen LogP contribution in [0.4, 0.5) is 5.69 Å². The molecule has 4 heteroatoms. The number of carbonyl (C=O) groups is 1. The van der Waals surface area contributed by atoms with Crippen molar-refractivity contribution in [3.05, 3.63) is 52.5 Å². The van der Waals surface area contributed by atoms with Gasteiger partial charge in [0.1, 0.15) is 0 Å². The Balaban J connectivity index is 2.17. The second-order valence-corrected chi connectivity index (χ2v) is 4.61. The van der Waals surface area contributed by atoms with E-state index in [-0.39, 0.29) is 5.76 Å². The van der Waals surface area contributed by atoms with Gasteiger partial charge < -0.3 is 14.8 Å². The van der Waals surface area contributed by atoms with Crippen LogP contribution >= 0.6 is 0 Å². The number of hydrogen-bond acceptors (Lipinski definition) is 3. The molecule has 0 saturated heterocycles. The molecule has 1 aromatic heterocycles. The Morgan fingerprint density at radius 3 is 2.63 bits per heavy atom. The highest BCUT2D eigenvalue weighted by atomic mass is 16.4. The second-order valence-electron chi connectivity index (χ2n) is 4.61. The molecule has 2 aromatic rings. The first-order valence-electron chi connectivity index (χ1n) is 6.11. The number of carboxylic acid groups (broad SMARTS) is 1. The lowest BCUT2D eigenvalue weighted by atomic mass is 10.0. The van der Waals surface area contributed by atoms with Gasteiger partial charge in [-0.05, 0) is 49.6 Å². The maximum absolute atomic E-state index is 10.9. The van der Waals surface area contributed by atoms with Crippen LogP contribution in [0.2, 0.25) is 0 Å². The average Bonchev–Trinajstić information content (AvgIpc) is 2.84.